The highest BCUT2D eigenvalue weighted by Crippen LogP contribution is 2.39. The van der Waals surface area contributed by atoms with Crippen LogP contribution in [0.5, 0.6) is 5.75 Å². The van der Waals surface area contributed by atoms with E-state index in [1.165, 1.54) is 13.2 Å². The van der Waals surface area contributed by atoms with E-state index in [0.29, 0.717) is 17.9 Å². The van der Waals surface area contributed by atoms with Crippen LogP contribution < -0.4 is 19.7 Å². The van der Waals surface area contributed by atoms with Crippen LogP contribution in [-0.4, -0.2) is 39.9 Å². The zero-order chi connectivity index (χ0) is 22.9. The Balaban J connectivity index is 1.36. The van der Waals surface area contributed by atoms with Gasteiger partial charge < -0.3 is 15.0 Å². The van der Waals surface area contributed by atoms with Gasteiger partial charge in [0.15, 0.2) is 0 Å². The highest BCUT2D eigenvalue weighted by Gasteiger charge is 2.39. The third kappa shape index (κ3) is 4.78. The van der Waals surface area contributed by atoms with Crippen molar-refractivity contribution in [1.82, 2.24) is 4.72 Å². The maximum absolute atomic E-state index is 12.7. The van der Waals surface area contributed by atoms with Crippen molar-refractivity contribution in [3.63, 3.8) is 0 Å². The average Bonchev–Trinajstić information content (AvgIpc) is 3.55. The number of carbonyl (C=O) groups is 2. The number of sulfonamides is 1. The minimum Gasteiger partial charge on any atom is -0.497 e. The van der Waals surface area contributed by atoms with E-state index in [0.717, 1.165) is 24.1 Å². The lowest BCUT2D eigenvalue weighted by atomic mass is 10.1. The van der Waals surface area contributed by atoms with Crippen LogP contribution >= 0.6 is 0 Å². The lowest BCUT2D eigenvalue weighted by Crippen LogP contribution is -2.36. The van der Waals surface area contributed by atoms with Gasteiger partial charge in [0.25, 0.3) is 0 Å². The highest BCUT2D eigenvalue weighted by molar-refractivity contribution is 7.89. The number of nitrogens with one attached hydrogen (secondary N) is 2. The summed E-state index contributed by atoms with van der Waals surface area (Å²) in [5, 5.41) is 2.72. The monoisotopic (exact) mass is 457 g/mol. The number of benzene rings is 2. The van der Waals surface area contributed by atoms with Crippen LogP contribution in [0.4, 0.5) is 11.4 Å². The van der Waals surface area contributed by atoms with Crippen molar-refractivity contribution in [2.45, 2.75) is 43.5 Å². The zero-order valence-electron chi connectivity index (χ0n) is 18.1. The van der Waals surface area contributed by atoms with Gasteiger partial charge >= 0.3 is 0 Å². The molecule has 4 rings (SSSR count). The molecule has 0 radical (unpaired) electrons. The van der Waals surface area contributed by atoms with Gasteiger partial charge in [0.2, 0.25) is 21.8 Å². The third-order valence-electron chi connectivity index (χ3n) is 5.74. The summed E-state index contributed by atoms with van der Waals surface area (Å²) in [5.74, 6) is 0.549. The van der Waals surface area contributed by atoms with Crippen molar-refractivity contribution in [2.24, 2.45) is 5.92 Å². The van der Waals surface area contributed by atoms with Crippen molar-refractivity contribution < 1.29 is 22.7 Å². The van der Waals surface area contributed by atoms with Gasteiger partial charge in [0, 0.05) is 42.4 Å². The number of nitrogens with zero attached hydrogens (tertiary/aromatic N) is 1. The van der Waals surface area contributed by atoms with E-state index in [1.807, 2.05) is 6.92 Å². The van der Waals surface area contributed by atoms with Gasteiger partial charge in [0.1, 0.15) is 5.75 Å². The summed E-state index contributed by atoms with van der Waals surface area (Å²) in [6, 6.07) is 11.8. The van der Waals surface area contributed by atoms with Crippen LogP contribution in [0.3, 0.4) is 0 Å². The molecule has 2 aromatic rings. The van der Waals surface area contributed by atoms with Crippen molar-refractivity contribution in [1.29, 1.82) is 0 Å². The molecule has 9 heteroatoms. The molecule has 1 saturated carbocycles. The van der Waals surface area contributed by atoms with E-state index in [2.05, 4.69) is 10.0 Å². The van der Waals surface area contributed by atoms with Crippen LogP contribution in [0, 0.1) is 5.92 Å². The van der Waals surface area contributed by atoms with Gasteiger partial charge in [-0.15, -0.1) is 0 Å². The maximum Gasteiger partial charge on any atom is 0.240 e. The molecule has 2 amide bonds. The molecule has 32 heavy (non-hydrogen) atoms. The molecule has 170 valence electrons. The fourth-order valence-corrected chi connectivity index (χ4v) is 5.03. The molecule has 8 nitrogen and oxygen atoms in total. The largest absolute Gasteiger partial charge is 0.497 e. The van der Waals surface area contributed by atoms with E-state index in [9.17, 15) is 18.0 Å². The van der Waals surface area contributed by atoms with Crippen LogP contribution in [0.2, 0.25) is 0 Å². The number of hydrogen-bond acceptors (Lipinski definition) is 5. The van der Waals surface area contributed by atoms with Crippen molar-refractivity contribution >= 4 is 33.2 Å². The number of anilines is 2. The SMILES string of the molecule is COc1cccc(NC(=O)CCNS(=O)(=O)c2ccc3c(c2)C[C@H](C)N3C(=O)C2CC2)c1. The first-order valence-corrected chi connectivity index (χ1v) is 12.2. The molecule has 2 N–H and O–H groups in total. The van der Waals surface area contributed by atoms with Gasteiger partial charge in [-0.05, 0) is 62.1 Å². The van der Waals surface area contributed by atoms with E-state index in [-0.39, 0.29) is 41.6 Å². The van der Waals surface area contributed by atoms with Gasteiger partial charge in [-0.1, -0.05) is 6.07 Å². The highest BCUT2D eigenvalue weighted by atomic mass is 32.2. The Kier molecular flexibility index (Phi) is 6.21. The Hall–Kier alpha value is -2.91. The Morgan fingerprint density at radius 2 is 1.94 bits per heavy atom. The van der Waals surface area contributed by atoms with Crippen LogP contribution in [-0.2, 0) is 26.0 Å². The second-order valence-corrected chi connectivity index (χ2v) is 10.0. The first kappa shape index (κ1) is 22.3. The number of hydrogen-bond donors (Lipinski definition) is 2. The molecule has 1 heterocycles. The molecule has 0 bridgehead atoms. The molecule has 2 aromatic carbocycles. The summed E-state index contributed by atoms with van der Waals surface area (Å²) in [6.45, 7) is 1.95. The Morgan fingerprint density at radius 1 is 1.16 bits per heavy atom. The van der Waals surface area contributed by atoms with Gasteiger partial charge in [-0.2, -0.15) is 0 Å². The molecule has 0 spiro atoms. The summed E-state index contributed by atoms with van der Waals surface area (Å²) >= 11 is 0. The molecule has 1 fully saturated rings. The Morgan fingerprint density at radius 3 is 2.66 bits per heavy atom. The van der Waals surface area contributed by atoms with Crippen molar-refractivity contribution in [3.8, 4) is 5.75 Å². The smallest absolute Gasteiger partial charge is 0.240 e. The van der Waals surface area contributed by atoms with Gasteiger partial charge in [-0.25, -0.2) is 13.1 Å². The molecule has 0 aromatic heterocycles. The lowest BCUT2D eigenvalue weighted by Gasteiger charge is -2.22. The predicted octanol–water partition coefficient (Wildman–Crippen LogP) is 2.69. The number of ether oxygens (including phenoxy) is 1. The minimum atomic E-state index is -3.77. The standard InChI is InChI=1S/C23H27N3O5S/c1-15-12-17-13-20(8-9-21(17)26(15)23(28)16-6-7-16)32(29,30)24-11-10-22(27)25-18-4-3-5-19(14-18)31-2/h3-5,8-9,13-16,24H,6-7,10-12H2,1-2H3,(H,25,27)/t15-/m0/s1. The summed E-state index contributed by atoms with van der Waals surface area (Å²) in [4.78, 5) is 26.7. The number of fused-ring (bicyclic) bond motifs is 1. The fraction of sp³-hybridized carbons (Fsp3) is 0.391. The quantitative estimate of drug-likeness (QED) is 0.634. The number of rotatable bonds is 8. The molecule has 1 atom stereocenters. The normalized spacial score (nSPS) is 17.7. The first-order chi connectivity index (χ1) is 15.3. The zero-order valence-corrected chi connectivity index (χ0v) is 18.9. The lowest BCUT2D eigenvalue weighted by molar-refractivity contribution is -0.120. The predicted molar refractivity (Wildman–Crippen MR) is 121 cm³/mol. The van der Waals surface area contributed by atoms with E-state index in [1.54, 1.807) is 41.3 Å². The van der Waals surface area contributed by atoms with Crippen LogP contribution in [0.15, 0.2) is 47.4 Å². The van der Waals surface area contributed by atoms with E-state index in [4.69, 9.17) is 4.74 Å². The number of methoxy groups -OCH3 is 1. The molecule has 0 saturated heterocycles. The summed E-state index contributed by atoms with van der Waals surface area (Å²) in [5.41, 5.74) is 2.23. The second-order valence-electron chi connectivity index (χ2n) is 8.25. The fourth-order valence-electron chi connectivity index (χ4n) is 3.94. The molecule has 1 aliphatic heterocycles. The number of amides is 2. The summed E-state index contributed by atoms with van der Waals surface area (Å²) < 4.78 is 33.1. The van der Waals surface area contributed by atoms with E-state index < -0.39 is 10.0 Å². The van der Waals surface area contributed by atoms with Crippen LogP contribution in [0.25, 0.3) is 0 Å². The maximum atomic E-state index is 12.7. The van der Waals surface area contributed by atoms with Crippen molar-refractivity contribution in [3.05, 3.63) is 48.0 Å². The molecular weight excluding hydrogens is 430 g/mol. The Bertz CT molecular complexity index is 1140. The topological polar surface area (TPSA) is 105 Å². The van der Waals surface area contributed by atoms with Crippen LogP contribution in [0.1, 0.15) is 31.7 Å². The summed E-state index contributed by atoms with van der Waals surface area (Å²) in [7, 11) is -2.23. The molecule has 2 aliphatic rings. The first-order valence-electron chi connectivity index (χ1n) is 10.7. The minimum absolute atomic E-state index is 0.0118. The van der Waals surface area contributed by atoms with Gasteiger partial charge in [0.05, 0.1) is 12.0 Å². The van der Waals surface area contributed by atoms with Crippen molar-refractivity contribution in [2.75, 3.05) is 23.9 Å². The summed E-state index contributed by atoms with van der Waals surface area (Å²) in [6.07, 6.45) is 2.47. The van der Waals surface area contributed by atoms with E-state index >= 15 is 0 Å². The second kappa shape index (κ2) is 8.91. The molecule has 0 unspecified atom stereocenters. The Labute approximate surface area is 188 Å². The molecular formula is C23H27N3O5S. The average molecular weight is 458 g/mol. The molecule has 1 aliphatic carbocycles. The van der Waals surface area contributed by atoms with Gasteiger partial charge in [-0.3, -0.25) is 9.59 Å². The number of carbonyl (C=O) groups excluding carboxylic acids is 2. The third-order valence-corrected chi connectivity index (χ3v) is 7.20.